The van der Waals surface area contributed by atoms with Gasteiger partial charge in [0.2, 0.25) is 5.95 Å². The van der Waals surface area contributed by atoms with Crippen LogP contribution in [-0.2, 0) is 18.3 Å². The average molecular weight is 451 g/mol. The minimum absolute atomic E-state index is 0.0282. The maximum atomic E-state index is 12.1. The highest BCUT2D eigenvalue weighted by molar-refractivity contribution is 8.77. The van der Waals surface area contributed by atoms with E-state index in [-0.39, 0.29) is 31.0 Å². The first-order chi connectivity index (χ1) is 12.9. The van der Waals surface area contributed by atoms with Crippen LogP contribution in [0.5, 0.6) is 0 Å². The van der Waals surface area contributed by atoms with E-state index in [0.29, 0.717) is 40.2 Å². The molecule has 2 aromatic heterocycles. The molecule has 2 aliphatic heterocycles. The van der Waals surface area contributed by atoms with Crippen molar-refractivity contribution in [1.29, 1.82) is 0 Å². The second-order valence-electron chi connectivity index (χ2n) is 6.13. The van der Waals surface area contributed by atoms with Gasteiger partial charge in [0.1, 0.15) is 16.4 Å². The van der Waals surface area contributed by atoms with Gasteiger partial charge in [0, 0.05) is 11.5 Å². The van der Waals surface area contributed by atoms with Crippen molar-refractivity contribution in [2.45, 2.75) is 31.3 Å². The predicted octanol–water partition coefficient (Wildman–Crippen LogP) is 2.65. The Kier molecular flexibility index (Phi) is 5.82. The Hall–Kier alpha value is -0.660. The van der Waals surface area contributed by atoms with Gasteiger partial charge in [0.25, 0.3) is 0 Å². The molecular weight excluding hydrogens is 433 g/mol. The zero-order valence-corrected chi connectivity index (χ0v) is 17.4. The third-order valence-electron chi connectivity index (χ3n) is 4.14. The lowest BCUT2D eigenvalue weighted by Crippen LogP contribution is -2.18. The number of aromatic amines is 1. The minimum Gasteiger partial charge on any atom is -0.369 e. The summed E-state index contributed by atoms with van der Waals surface area (Å²) in [4.78, 5) is 21.1. The number of anilines is 1. The highest BCUT2D eigenvalue weighted by Crippen LogP contribution is 2.48. The van der Waals surface area contributed by atoms with Crippen molar-refractivity contribution in [3.63, 3.8) is 0 Å². The van der Waals surface area contributed by atoms with Gasteiger partial charge in [-0.1, -0.05) is 33.8 Å². The molecule has 0 aliphatic carbocycles. The Morgan fingerprint density at radius 2 is 2.26 bits per heavy atom. The molecule has 4 heterocycles. The molecule has 0 amide bonds. The Morgan fingerprint density at radius 1 is 1.48 bits per heavy atom. The van der Waals surface area contributed by atoms with E-state index in [1.54, 1.807) is 32.5 Å². The Bertz CT molecular complexity index is 933. The minimum atomic E-state index is -4.10. The zero-order valence-electron chi connectivity index (χ0n) is 14.0. The van der Waals surface area contributed by atoms with E-state index in [2.05, 4.69) is 15.0 Å². The van der Waals surface area contributed by atoms with Crippen LogP contribution in [0.3, 0.4) is 0 Å². The molecule has 0 saturated carbocycles. The van der Waals surface area contributed by atoms with Crippen molar-refractivity contribution in [3.05, 3.63) is 11.0 Å². The van der Waals surface area contributed by atoms with Gasteiger partial charge in [-0.15, -0.1) is 0 Å². The molecule has 2 saturated heterocycles. The molecule has 1 unspecified atom stereocenters. The number of fused-ring (bicyclic) bond motifs is 1. The molecule has 3 atom stereocenters. The molecule has 14 heteroatoms. The number of aromatic nitrogens is 4. The number of nitrogens with two attached hydrogens (primary N) is 1. The van der Waals surface area contributed by atoms with Crippen LogP contribution < -0.4 is 5.73 Å². The lowest BCUT2D eigenvalue weighted by Gasteiger charge is -2.19. The number of nitrogen functional groups attached to an aromatic ring is 1. The van der Waals surface area contributed by atoms with E-state index < -0.39 is 7.82 Å². The van der Waals surface area contributed by atoms with Gasteiger partial charge in [-0.2, -0.15) is 4.98 Å². The fraction of sp³-hybridized carbons (Fsp3) is 0.615. The highest BCUT2D eigenvalue weighted by Gasteiger charge is 2.33. The van der Waals surface area contributed by atoms with Gasteiger partial charge in [-0.25, -0.2) is 9.55 Å². The smallest absolute Gasteiger partial charge is 0.369 e. The summed E-state index contributed by atoms with van der Waals surface area (Å²) in [6, 6.07) is 0. The lowest BCUT2D eigenvalue weighted by atomic mass is 10.2. The Morgan fingerprint density at radius 3 is 3.04 bits per heavy atom. The van der Waals surface area contributed by atoms with Crippen LogP contribution in [0.4, 0.5) is 5.95 Å². The molecule has 4 N–H and O–H groups in total. The van der Waals surface area contributed by atoms with Crippen molar-refractivity contribution in [2.24, 2.45) is 0 Å². The van der Waals surface area contributed by atoms with Crippen molar-refractivity contribution < 1.29 is 23.2 Å². The molecular formula is C13H18N5O5PS3. The molecule has 0 bridgehead atoms. The van der Waals surface area contributed by atoms with E-state index >= 15 is 0 Å². The maximum Gasteiger partial charge on any atom is 0.472 e. The molecule has 4 rings (SSSR count). The van der Waals surface area contributed by atoms with E-state index in [0.717, 1.165) is 0 Å². The molecule has 2 fully saturated rings. The topological polar surface area (TPSA) is 138 Å². The maximum absolute atomic E-state index is 12.1. The zero-order chi connectivity index (χ0) is 19.0. The quantitative estimate of drug-likeness (QED) is 0.339. The molecule has 0 aromatic carbocycles. The van der Waals surface area contributed by atoms with Gasteiger partial charge in [0.15, 0.2) is 5.65 Å². The summed E-state index contributed by atoms with van der Waals surface area (Å²) in [6.07, 6.45) is 2.01. The summed E-state index contributed by atoms with van der Waals surface area (Å²) < 4.78 is 30.5. The number of phosphoric acid groups is 1. The summed E-state index contributed by atoms with van der Waals surface area (Å²) in [6.45, 7) is -0.0282. The summed E-state index contributed by atoms with van der Waals surface area (Å²) in [7, 11) is -0.871. The van der Waals surface area contributed by atoms with Crippen molar-refractivity contribution >= 4 is 58.7 Å². The fourth-order valence-electron chi connectivity index (χ4n) is 2.92. The second-order valence-corrected chi connectivity index (χ2v) is 10.5. The van der Waals surface area contributed by atoms with Crippen LogP contribution in [0, 0.1) is 4.64 Å². The number of H-pyrrole nitrogens is 1. The van der Waals surface area contributed by atoms with Gasteiger partial charge < -0.3 is 20.3 Å². The number of nitrogens with one attached hydrogen (secondary N) is 1. The van der Waals surface area contributed by atoms with Crippen LogP contribution in [0.15, 0.2) is 6.33 Å². The van der Waals surface area contributed by atoms with Crippen molar-refractivity contribution in [1.82, 2.24) is 19.5 Å². The van der Waals surface area contributed by atoms with Crippen molar-refractivity contribution in [2.75, 3.05) is 23.8 Å². The normalized spacial score (nSPS) is 26.0. The number of imidazole rings is 1. The van der Waals surface area contributed by atoms with Crippen LogP contribution in [0.25, 0.3) is 11.2 Å². The number of hydrogen-bond acceptors (Lipinski definition) is 10. The van der Waals surface area contributed by atoms with Gasteiger partial charge in [0.05, 0.1) is 25.1 Å². The van der Waals surface area contributed by atoms with Crippen LogP contribution >= 0.6 is 41.6 Å². The standard InChI is InChI=1S/C13H18N5O5PS3/c14-13-16-11-10(12(25)17-13)15-6-18(11)9-2-1-7(22-9)3-21-24(19,20)23-8-4-26-27-5-8/h6-9H,1-5H2,(H,19,20)(H3,14,16,17,25)/t7-,9+/m0/s1. The molecule has 0 radical (unpaired) electrons. The van der Waals surface area contributed by atoms with E-state index in [1.807, 2.05) is 0 Å². The van der Waals surface area contributed by atoms with Crippen LogP contribution in [-0.4, -0.2) is 54.7 Å². The number of rotatable bonds is 6. The first kappa shape index (κ1) is 19.6. The summed E-state index contributed by atoms with van der Waals surface area (Å²) >= 11 is 5.21. The lowest BCUT2D eigenvalue weighted by molar-refractivity contribution is -0.0233. The SMILES string of the molecule is Nc1nc2c(ncn2[C@H]2CC[C@@H](COP(=O)(O)OC3CSSC3)O2)c(=S)[nH]1. The summed E-state index contributed by atoms with van der Waals surface area (Å²) in [5, 5.41) is 0. The van der Waals surface area contributed by atoms with Crippen LogP contribution in [0.2, 0.25) is 0 Å². The molecule has 148 valence electrons. The molecule has 10 nitrogen and oxygen atoms in total. The number of phosphoric ester groups is 1. The Balaban J connectivity index is 1.38. The third kappa shape index (κ3) is 4.51. The van der Waals surface area contributed by atoms with Crippen LogP contribution in [0.1, 0.15) is 19.1 Å². The fourth-order valence-corrected chi connectivity index (χ4v) is 6.82. The summed E-state index contributed by atoms with van der Waals surface area (Å²) in [5.41, 5.74) is 6.81. The first-order valence-corrected chi connectivity index (χ1v) is 12.6. The molecule has 27 heavy (non-hydrogen) atoms. The van der Waals surface area contributed by atoms with E-state index in [4.69, 9.17) is 31.7 Å². The highest BCUT2D eigenvalue weighted by atomic mass is 33.1. The number of nitrogens with zero attached hydrogens (tertiary/aromatic N) is 3. The van der Waals surface area contributed by atoms with Gasteiger partial charge in [-0.05, 0) is 12.8 Å². The average Bonchev–Trinajstić information content (AvgIpc) is 3.32. The van der Waals surface area contributed by atoms with Crippen molar-refractivity contribution in [3.8, 4) is 0 Å². The molecule has 2 aliphatic rings. The predicted molar refractivity (Wildman–Crippen MR) is 106 cm³/mol. The molecule has 2 aromatic rings. The summed E-state index contributed by atoms with van der Waals surface area (Å²) in [5.74, 6) is 1.55. The number of ether oxygens (including phenoxy) is 1. The number of hydrogen-bond donors (Lipinski definition) is 3. The Labute approximate surface area is 167 Å². The van der Waals surface area contributed by atoms with E-state index in [1.165, 1.54) is 0 Å². The van der Waals surface area contributed by atoms with Gasteiger partial charge >= 0.3 is 7.82 Å². The van der Waals surface area contributed by atoms with Gasteiger partial charge in [-0.3, -0.25) is 13.6 Å². The first-order valence-electron chi connectivity index (χ1n) is 8.19. The van der Waals surface area contributed by atoms with E-state index in [9.17, 15) is 9.46 Å². The monoisotopic (exact) mass is 451 g/mol. The largest absolute Gasteiger partial charge is 0.472 e. The second kappa shape index (κ2) is 7.99. The third-order valence-corrected chi connectivity index (χ3v) is 7.98. The molecule has 0 spiro atoms.